The number of rotatable bonds is 7. The average molecular weight is 967 g/mol. The smallest absolute Gasteiger partial charge is 0.0434 e. The predicted molar refractivity (Wildman–Crippen MR) is 325 cm³/mol. The highest BCUT2D eigenvalue weighted by Gasteiger charge is 2.23. The molecule has 0 saturated carbocycles. The number of hydrogen-bond acceptors (Lipinski definition) is 1. The van der Waals surface area contributed by atoms with Crippen LogP contribution in [0.25, 0.3) is 152 Å². The predicted octanol–water partition coefficient (Wildman–Crippen LogP) is 21.5. The fraction of sp³-hybridized carbons (Fsp3) is 0. The highest BCUT2D eigenvalue weighted by Crippen LogP contribution is 2.50. The minimum absolute atomic E-state index is 1.18. The molecular weight excluding hydrogens is 921 g/mol. The summed E-state index contributed by atoms with van der Waals surface area (Å²) in [5.74, 6) is 0. The van der Waals surface area contributed by atoms with Gasteiger partial charge in [0, 0.05) is 25.7 Å². The number of hydrogen-bond donors (Lipinski definition) is 0. The van der Waals surface area contributed by atoms with Crippen molar-refractivity contribution in [2.45, 2.75) is 0 Å². The van der Waals surface area contributed by atoms with Crippen LogP contribution in [0.15, 0.2) is 279 Å². The van der Waals surface area contributed by atoms with Gasteiger partial charge in [0.1, 0.15) is 0 Å². The van der Waals surface area contributed by atoms with E-state index < -0.39 is 0 Å². The van der Waals surface area contributed by atoms with Crippen LogP contribution in [0.2, 0.25) is 0 Å². The van der Waals surface area contributed by atoms with Gasteiger partial charge in [-0.15, -0.1) is 11.3 Å². The zero-order chi connectivity index (χ0) is 49.4. The fourth-order valence-electron chi connectivity index (χ4n) is 12.2. The first-order valence-electron chi connectivity index (χ1n) is 25.9. The van der Waals surface area contributed by atoms with Crippen molar-refractivity contribution >= 4 is 85.4 Å². The maximum absolute atomic E-state index is 2.49. The van der Waals surface area contributed by atoms with Crippen molar-refractivity contribution in [3.8, 4) is 77.9 Å². The van der Waals surface area contributed by atoms with Gasteiger partial charge in [0.05, 0.1) is 0 Å². The lowest BCUT2D eigenvalue weighted by Gasteiger charge is -2.21. The molecule has 1 heteroatoms. The lowest BCUT2D eigenvalue weighted by molar-refractivity contribution is 1.60. The standard InChI is InChI=1S/C74H46S/c1-4-17-47(18-5-1)50-31-34-52(35-32-50)71-66-44-54(48-19-6-2-7-20-48)37-40-61(66)70(51-22-8-3-9-23-51)62-41-38-55(45-67(62)71)56-39-42-63-68(46-56)72(57-36-33-49-21-10-11-24-53(49)43-57)59-26-12-13-27-60(59)73(63)65-29-16-28-64-58-25-14-15-30-69(58)75-74(64)65/h1-46H. The fourth-order valence-corrected chi connectivity index (χ4v) is 13.4. The molecule has 0 aliphatic carbocycles. The number of thiophene rings is 1. The first-order valence-corrected chi connectivity index (χ1v) is 26.7. The molecule has 0 spiro atoms. The van der Waals surface area contributed by atoms with E-state index in [1.54, 1.807) is 0 Å². The largest absolute Gasteiger partial charge is 0.135 e. The van der Waals surface area contributed by atoms with Gasteiger partial charge in [-0.1, -0.05) is 249 Å². The maximum atomic E-state index is 2.49. The van der Waals surface area contributed by atoms with Gasteiger partial charge in [0.15, 0.2) is 0 Å². The Labute approximate surface area is 439 Å². The number of fused-ring (bicyclic) bond motifs is 8. The van der Waals surface area contributed by atoms with E-state index in [9.17, 15) is 0 Å². The number of benzene rings is 14. The maximum Gasteiger partial charge on any atom is 0.0434 e. The van der Waals surface area contributed by atoms with Crippen molar-refractivity contribution in [3.63, 3.8) is 0 Å². The molecule has 0 nitrogen and oxygen atoms in total. The van der Waals surface area contributed by atoms with E-state index in [0.717, 1.165) is 0 Å². The lowest BCUT2D eigenvalue weighted by atomic mass is 9.82. The summed E-state index contributed by atoms with van der Waals surface area (Å²) in [6.45, 7) is 0. The summed E-state index contributed by atoms with van der Waals surface area (Å²) < 4.78 is 2.63. The Bertz CT molecular complexity index is 4720. The van der Waals surface area contributed by atoms with Crippen LogP contribution in [0.5, 0.6) is 0 Å². The molecule has 75 heavy (non-hydrogen) atoms. The van der Waals surface area contributed by atoms with E-state index in [1.165, 1.54) is 152 Å². The second-order valence-electron chi connectivity index (χ2n) is 19.8. The minimum atomic E-state index is 1.18. The molecule has 0 N–H and O–H groups in total. The summed E-state index contributed by atoms with van der Waals surface area (Å²) in [5.41, 5.74) is 17.1. The van der Waals surface area contributed by atoms with Crippen LogP contribution in [-0.2, 0) is 0 Å². The van der Waals surface area contributed by atoms with Gasteiger partial charge in [-0.2, -0.15) is 0 Å². The van der Waals surface area contributed by atoms with Crippen LogP contribution in [0, 0.1) is 0 Å². The summed E-state index contributed by atoms with van der Waals surface area (Å²) in [6, 6.07) is 104. The van der Waals surface area contributed by atoms with Crippen LogP contribution >= 0.6 is 11.3 Å². The zero-order valence-electron chi connectivity index (χ0n) is 41.0. The Morgan fingerprint density at radius 1 is 0.187 bits per heavy atom. The monoisotopic (exact) mass is 966 g/mol. The molecule has 14 aromatic carbocycles. The highest BCUT2D eigenvalue weighted by molar-refractivity contribution is 7.26. The molecular formula is C74H46S. The molecule has 0 fully saturated rings. The third kappa shape index (κ3) is 7.19. The molecule has 0 amide bonds. The first kappa shape index (κ1) is 43.2. The Balaban J connectivity index is 1.03. The molecule has 0 atom stereocenters. The summed E-state index contributed by atoms with van der Waals surface area (Å²) in [4.78, 5) is 0. The highest BCUT2D eigenvalue weighted by atomic mass is 32.1. The molecule has 0 saturated heterocycles. The van der Waals surface area contributed by atoms with E-state index in [4.69, 9.17) is 0 Å². The van der Waals surface area contributed by atoms with Crippen LogP contribution < -0.4 is 0 Å². The van der Waals surface area contributed by atoms with Gasteiger partial charge in [-0.3, -0.25) is 0 Å². The van der Waals surface area contributed by atoms with Crippen molar-refractivity contribution in [1.82, 2.24) is 0 Å². The minimum Gasteiger partial charge on any atom is -0.135 e. The molecule has 1 heterocycles. The SMILES string of the molecule is c1ccc(-c2ccc(-c3c4cc(-c5ccccc5)ccc4c(-c4ccccc4)c4ccc(-c5ccc6c(-c7cccc8c7sc7ccccc78)c7ccccc7c(-c7ccc8ccccc8c7)c6c5)cc34)cc2)cc1. The molecule has 0 aliphatic heterocycles. The summed E-state index contributed by atoms with van der Waals surface area (Å²) in [6.07, 6.45) is 0. The second kappa shape index (κ2) is 17.7. The molecule has 0 aliphatic rings. The normalized spacial score (nSPS) is 11.7. The second-order valence-corrected chi connectivity index (χ2v) is 20.9. The van der Waals surface area contributed by atoms with E-state index in [-0.39, 0.29) is 0 Å². The van der Waals surface area contributed by atoms with E-state index in [1.807, 2.05) is 11.3 Å². The van der Waals surface area contributed by atoms with Gasteiger partial charge >= 0.3 is 0 Å². The van der Waals surface area contributed by atoms with E-state index >= 15 is 0 Å². The zero-order valence-corrected chi connectivity index (χ0v) is 41.8. The van der Waals surface area contributed by atoms with Crippen molar-refractivity contribution in [3.05, 3.63) is 279 Å². The first-order chi connectivity index (χ1) is 37.2. The van der Waals surface area contributed by atoms with Crippen molar-refractivity contribution in [1.29, 1.82) is 0 Å². The molecule has 15 rings (SSSR count). The van der Waals surface area contributed by atoms with Crippen LogP contribution in [0.1, 0.15) is 0 Å². The molecule has 1 aromatic heterocycles. The summed E-state index contributed by atoms with van der Waals surface area (Å²) in [7, 11) is 0. The summed E-state index contributed by atoms with van der Waals surface area (Å²) in [5, 5.41) is 15.0. The Hall–Kier alpha value is -9.40. The quantitative estimate of drug-likeness (QED) is 0.140. The van der Waals surface area contributed by atoms with Crippen LogP contribution in [0.4, 0.5) is 0 Å². The van der Waals surface area contributed by atoms with Crippen molar-refractivity contribution < 1.29 is 0 Å². The molecule has 0 bridgehead atoms. The molecule has 15 aromatic rings. The molecule has 348 valence electrons. The topological polar surface area (TPSA) is 0 Å². The average Bonchev–Trinajstić information content (AvgIpc) is 3.92. The summed E-state index contributed by atoms with van der Waals surface area (Å²) >= 11 is 1.90. The Morgan fingerprint density at radius 2 is 0.573 bits per heavy atom. The van der Waals surface area contributed by atoms with Crippen LogP contribution in [-0.4, -0.2) is 0 Å². The van der Waals surface area contributed by atoms with Gasteiger partial charge in [0.25, 0.3) is 0 Å². The van der Waals surface area contributed by atoms with Crippen molar-refractivity contribution in [2.75, 3.05) is 0 Å². The molecule has 0 unspecified atom stereocenters. The third-order valence-corrected chi connectivity index (χ3v) is 16.9. The lowest BCUT2D eigenvalue weighted by Crippen LogP contribution is -1.94. The Morgan fingerprint density at radius 3 is 1.21 bits per heavy atom. The van der Waals surface area contributed by atoms with Gasteiger partial charge < -0.3 is 0 Å². The third-order valence-electron chi connectivity index (χ3n) is 15.6. The van der Waals surface area contributed by atoms with Crippen LogP contribution in [0.3, 0.4) is 0 Å². The van der Waals surface area contributed by atoms with Crippen molar-refractivity contribution in [2.24, 2.45) is 0 Å². The van der Waals surface area contributed by atoms with Gasteiger partial charge in [-0.25, -0.2) is 0 Å². The van der Waals surface area contributed by atoms with Gasteiger partial charge in [0.2, 0.25) is 0 Å². The van der Waals surface area contributed by atoms with Gasteiger partial charge in [-0.05, 0) is 157 Å². The van der Waals surface area contributed by atoms with E-state index in [2.05, 4.69) is 279 Å². The Kier molecular flexibility index (Phi) is 10.2. The molecule has 0 radical (unpaired) electrons. The van der Waals surface area contributed by atoms with E-state index in [0.29, 0.717) is 0 Å².